The van der Waals surface area contributed by atoms with Crippen molar-refractivity contribution in [3.05, 3.63) is 28.8 Å². The lowest BCUT2D eigenvalue weighted by Crippen LogP contribution is -2.42. The number of halogens is 1. The average molecular weight is 310 g/mol. The maximum absolute atomic E-state index is 6.53. The number of nitrogens with zero attached hydrogens (tertiary/aromatic N) is 2. The first-order valence-electron chi connectivity index (χ1n) is 7.97. The summed E-state index contributed by atoms with van der Waals surface area (Å²) in [6.07, 6.45) is 2.41. The number of nitrogens with one attached hydrogen (secondary N) is 1. The third kappa shape index (κ3) is 4.12. The first-order chi connectivity index (χ1) is 10.0. The zero-order chi connectivity index (χ0) is 15.4. The van der Waals surface area contributed by atoms with Crippen molar-refractivity contribution in [2.45, 2.75) is 38.8 Å². The minimum atomic E-state index is 0.348. The lowest BCUT2D eigenvalue weighted by molar-refractivity contribution is 0.249. The van der Waals surface area contributed by atoms with E-state index < -0.39 is 0 Å². The number of benzene rings is 1. The Kier molecular flexibility index (Phi) is 5.91. The Morgan fingerprint density at radius 1 is 1.33 bits per heavy atom. The van der Waals surface area contributed by atoms with Crippen LogP contribution in [0.2, 0.25) is 5.02 Å². The van der Waals surface area contributed by atoms with Crippen LogP contribution in [-0.2, 0) is 0 Å². The second kappa shape index (κ2) is 7.48. The Bertz CT molecular complexity index is 453. The molecule has 0 bridgehead atoms. The molecule has 0 saturated carbocycles. The van der Waals surface area contributed by atoms with E-state index in [1.54, 1.807) is 0 Å². The Morgan fingerprint density at radius 2 is 2.00 bits per heavy atom. The van der Waals surface area contributed by atoms with Crippen LogP contribution in [0.15, 0.2) is 18.2 Å². The molecule has 3 nitrogen and oxygen atoms in total. The van der Waals surface area contributed by atoms with Crippen molar-refractivity contribution in [1.29, 1.82) is 0 Å². The molecule has 1 heterocycles. The Labute approximate surface area is 134 Å². The highest BCUT2D eigenvalue weighted by atomic mass is 35.5. The van der Waals surface area contributed by atoms with Crippen molar-refractivity contribution >= 4 is 17.3 Å². The van der Waals surface area contributed by atoms with Crippen LogP contribution in [0.1, 0.15) is 38.3 Å². The van der Waals surface area contributed by atoms with Gasteiger partial charge in [0.05, 0.1) is 10.7 Å². The Hall–Kier alpha value is -0.770. The van der Waals surface area contributed by atoms with Gasteiger partial charge in [0.1, 0.15) is 0 Å². The molecular formula is C17H28ClN3. The van der Waals surface area contributed by atoms with Gasteiger partial charge in [0.15, 0.2) is 0 Å². The van der Waals surface area contributed by atoms with Crippen LogP contribution in [0, 0.1) is 0 Å². The van der Waals surface area contributed by atoms with Crippen molar-refractivity contribution in [1.82, 2.24) is 10.2 Å². The second-order valence-electron chi connectivity index (χ2n) is 6.17. The van der Waals surface area contributed by atoms with Crippen LogP contribution >= 0.6 is 11.6 Å². The molecule has 118 valence electrons. The van der Waals surface area contributed by atoms with Gasteiger partial charge in [-0.3, -0.25) is 0 Å². The quantitative estimate of drug-likeness (QED) is 0.897. The number of rotatable bonds is 5. The van der Waals surface area contributed by atoms with E-state index in [1.165, 1.54) is 24.1 Å². The number of hydrogen-bond acceptors (Lipinski definition) is 3. The van der Waals surface area contributed by atoms with Gasteiger partial charge in [0.25, 0.3) is 0 Å². The molecule has 1 aliphatic heterocycles. The zero-order valence-electron chi connectivity index (χ0n) is 13.7. The molecule has 0 spiro atoms. The first-order valence-corrected chi connectivity index (χ1v) is 8.35. The van der Waals surface area contributed by atoms with Crippen LogP contribution in [0.3, 0.4) is 0 Å². The topological polar surface area (TPSA) is 18.5 Å². The number of piperidine rings is 1. The molecule has 21 heavy (non-hydrogen) atoms. The maximum atomic E-state index is 6.53. The van der Waals surface area contributed by atoms with Crippen LogP contribution in [0.4, 0.5) is 5.69 Å². The third-order valence-corrected chi connectivity index (χ3v) is 4.82. The fourth-order valence-corrected chi connectivity index (χ4v) is 3.40. The molecular weight excluding hydrogens is 282 g/mol. The molecule has 0 aromatic heterocycles. The molecule has 0 aliphatic carbocycles. The van der Waals surface area contributed by atoms with E-state index in [2.05, 4.69) is 61.3 Å². The molecule has 0 radical (unpaired) electrons. The molecule has 4 heteroatoms. The minimum Gasteiger partial charge on any atom is -0.370 e. The monoisotopic (exact) mass is 309 g/mol. The first kappa shape index (κ1) is 16.6. The van der Waals surface area contributed by atoms with Gasteiger partial charge >= 0.3 is 0 Å². The van der Waals surface area contributed by atoms with Crippen molar-refractivity contribution in [3.63, 3.8) is 0 Å². The highest BCUT2D eigenvalue weighted by Crippen LogP contribution is 2.31. The Morgan fingerprint density at radius 3 is 2.52 bits per heavy atom. The summed E-state index contributed by atoms with van der Waals surface area (Å²) in [6.45, 7) is 7.45. The van der Waals surface area contributed by atoms with Crippen LogP contribution in [-0.4, -0.2) is 44.7 Å². The van der Waals surface area contributed by atoms with Gasteiger partial charge in [-0.05, 0) is 58.1 Å². The molecule has 1 unspecified atom stereocenters. The predicted molar refractivity (Wildman–Crippen MR) is 92.5 cm³/mol. The molecule has 1 atom stereocenters. The lowest BCUT2D eigenvalue weighted by Gasteiger charge is -2.37. The predicted octanol–water partition coefficient (Wildman–Crippen LogP) is 3.54. The van der Waals surface area contributed by atoms with E-state index in [9.17, 15) is 0 Å². The normalized spacial score (nSPS) is 18.3. The summed E-state index contributed by atoms with van der Waals surface area (Å²) in [4.78, 5) is 4.75. The van der Waals surface area contributed by atoms with Crippen molar-refractivity contribution < 1.29 is 0 Å². The molecule has 1 aromatic carbocycles. The molecule has 1 N–H and O–H groups in total. The van der Waals surface area contributed by atoms with E-state index in [0.29, 0.717) is 12.1 Å². The summed E-state index contributed by atoms with van der Waals surface area (Å²) < 4.78 is 0. The second-order valence-corrected chi connectivity index (χ2v) is 6.58. The molecule has 0 amide bonds. The highest BCUT2D eigenvalue weighted by Gasteiger charge is 2.22. The van der Waals surface area contributed by atoms with Gasteiger partial charge in [-0.1, -0.05) is 24.6 Å². The fraction of sp³-hybridized carbons (Fsp3) is 0.647. The summed E-state index contributed by atoms with van der Waals surface area (Å²) in [5.41, 5.74) is 2.44. The number of anilines is 1. The SMILES string of the molecule is CCNC(C)c1ccc(N2CCC(N(C)C)CC2)c(Cl)c1. The largest absolute Gasteiger partial charge is 0.370 e. The summed E-state index contributed by atoms with van der Waals surface area (Å²) in [7, 11) is 4.34. The summed E-state index contributed by atoms with van der Waals surface area (Å²) in [5, 5.41) is 4.30. The highest BCUT2D eigenvalue weighted by molar-refractivity contribution is 6.33. The lowest BCUT2D eigenvalue weighted by atomic mass is 10.0. The smallest absolute Gasteiger partial charge is 0.0642 e. The van der Waals surface area contributed by atoms with Gasteiger partial charge in [0.2, 0.25) is 0 Å². The number of hydrogen-bond donors (Lipinski definition) is 1. The van der Waals surface area contributed by atoms with Gasteiger partial charge in [0, 0.05) is 25.2 Å². The molecule has 1 aliphatic rings. The minimum absolute atomic E-state index is 0.348. The van der Waals surface area contributed by atoms with E-state index in [1.807, 2.05) is 0 Å². The summed E-state index contributed by atoms with van der Waals surface area (Å²) in [5.74, 6) is 0. The van der Waals surface area contributed by atoms with E-state index >= 15 is 0 Å². The van der Waals surface area contributed by atoms with Gasteiger partial charge in [-0.15, -0.1) is 0 Å². The standard InChI is InChI=1S/C17H28ClN3/c1-5-19-13(2)14-6-7-17(16(18)12-14)21-10-8-15(9-11-21)20(3)4/h6-7,12-13,15,19H,5,8-11H2,1-4H3. The van der Waals surface area contributed by atoms with Crippen molar-refractivity contribution in [2.75, 3.05) is 38.6 Å². The zero-order valence-corrected chi connectivity index (χ0v) is 14.5. The summed E-state index contributed by atoms with van der Waals surface area (Å²) >= 11 is 6.53. The van der Waals surface area contributed by atoms with Gasteiger partial charge < -0.3 is 15.1 Å². The third-order valence-electron chi connectivity index (χ3n) is 4.52. The average Bonchev–Trinajstić information content (AvgIpc) is 2.47. The van der Waals surface area contributed by atoms with Crippen LogP contribution in [0.25, 0.3) is 0 Å². The Balaban J connectivity index is 2.05. The summed E-state index contributed by atoms with van der Waals surface area (Å²) in [6, 6.07) is 7.55. The molecule has 1 fully saturated rings. The molecule has 2 rings (SSSR count). The molecule has 1 saturated heterocycles. The van der Waals surface area contributed by atoms with Gasteiger partial charge in [-0.25, -0.2) is 0 Å². The molecule has 1 aromatic rings. The van der Waals surface area contributed by atoms with Crippen molar-refractivity contribution in [2.24, 2.45) is 0 Å². The maximum Gasteiger partial charge on any atom is 0.0642 e. The van der Waals surface area contributed by atoms with E-state index in [0.717, 1.165) is 24.7 Å². The van der Waals surface area contributed by atoms with Crippen LogP contribution in [0.5, 0.6) is 0 Å². The van der Waals surface area contributed by atoms with E-state index in [4.69, 9.17) is 11.6 Å². The van der Waals surface area contributed by atoms with Gasteiger partial charge in [-0.2, -0.15) is 0 Å². The fourth-order valence-electron chi connectivity index (χ4n) is 3.10. The van der Waals surface area contributed by atoms with Crippen LogP contribution < -0.4 is 10.2 Å². The van der Waals surface area contributed by atoms with Crippen molar-refractivity contribution in [3.8, 4) is 0 Å². The van der Waals surface area contributed by atoms with E-state index in [-0.39, 0.29) is 0 Å².